The number of thiocarbonyl (C=S) groups is 1. The second-order valence-electron chi connectivity index (χ2n) is 8.98. The molecule has 0 aliphatic carbocycles. The monoisotopic (exact) mass is 521 g/mol. The molecule has 0 fully saturated rings. The number of aromatic nitrogens is 1. The van der Waals surface area contributed by atoms with Gasteiger partial charge in [0.15, 0.2) is 10.7 Å². The number of carbonyl (C=O) groups excluding carboxylic acids is 1. The van der Waals surface area contributed by atoms with Crippen molar-refractivity contribution in [2.75, 3.05) is 5.32 Å². The molecule has 0 saturated carbocycles. The zero-order chi connectivity index (χ0) is 26.5. The quantitative estimate of drug-likeness (QED) is 0.168. The normalized spacial score (nSPS) is 12.1. The molecular formula is C31H27N3O3S. The van der Waals surface area contributed by atoms with Gasteiger partial charge in [0.05, 0.1) is 0 Å². The molecule has 0 spiro atoms. The van der Waals surface area contributed by atoms with Crippen molar-refractivity contribution < 1.29 is 13.6 Å². The van der Waals surface area contributed by atoms with Gasteiger partial charge in [0.2, 0.25) is 11.8 Å². The van der Waals surface area contributed by atoms with Crippen molar-refractivity contribution in [1.29, 1.82) is 0 Å². The first kappa shape index (κ1) is 25.2. The number of benzene rings is 3. The molecule has 7 heteroatoms. The van der Waals surface area contributed by atoms with Crippen LogP contribution in [0.1, 0.15) is 37.5 Å². The van der Waals surface area contributed by atoms with Crippen LogP contribution in [0.25, 0.3) is 40.0 Å². The fraction of sp³-hybridized carbons (Fsp3) is 0.129. The fourth-order valence-corrected chi connectivity index (χ4v) is 4.20. The van der Waals surface area contributed by atoms with E-state index in [-0.39, 0.29) is 11.0 Å². The summed E-state index contributed by atoms with van der Waals surface area (Å²) in [6.45, 7) is 4.38. The van der Waals surface area contributed by atoms with Gasteiger partial charge in [-0.3, -0.25) is 10.1 Å². The third kappa shape index (κ3) is 5.90. The number of nitrogens with zero attached hydrogens (tertiary/aromatic N) is 1. The van der Waals surface area contributed by atoms with Crippen molar-refractivity contribution >= 4 is 46.1 Å². The highest BCUT2D eigenvalue weighted by molar-refractivity contribution is 7.80. The van der Waals surface area contributed by atoms with Crippen LogP contribution in [-0.2, 0) is 4.79 Å². The molecule has 0 radical (unpaired) electrons. The number of oxazole rings is 1. The van der Waals surface area contributed by atoms with Crippen molar-refractivity contribution in [3.63, 3.8) is 0 Å². The molecule has 5 rings (SSSR count). The summed E-state index contributed by atoms with van der Waals surface area (Å²) in [5.41, 5.74) is 5.42. The topological polar surface area (TPSA) is 80.3 Å². The highest BCUT2D eigenvalue weighted by Crippen LogP contribution is 2.28. The van der Waals surface area contributed by atoms with Crippen molar-refractivity contribution in [2.45, 2.75) is 26.2 Å². The number of amides is 1. The second-order valence-corrected chi connectivity index (χ2v) is 9.39. The maximum atomic E-state index is 12.3. The Morgan fingerprint density at radius 1 is 0.974 bits per heavy atom. The van der Waals surface area contributed by atoms with E-state index in [1.807, 2.05) is 72.8 Å². The molecule has 38 heavy (non-hydrogen) atoms. The maximum Gasteiger partial charge on any atom is 0.250 e. The third-order valence-corrected chi connectivity index (χ3v) is 6.51. The average Bonchev–Trinajstić information content (AvgIpc) is 3.59. The summed E-state index contributed by atoms with van der Waals surface area (Å²) < 4.78 is 11.7. The molecular weight excluding hydrogens is 494 g/mol. The van der Waals surface area contributed by atoms with Crippen LogP contribution in [0, 0.1) is 0 Å². The minimum atomic E-state index is -0.361. The highest BCUT2D eigenvalue weighted by Gasteiger charge is 2.11. The summed E-state index contributed by atoms with van der Waals surface area (Å²) >= 11 is 5.29. The Hall–Kier alpha value is -4.49. The number of furan rings is 1. The van der Waals surface area contributed by atoms with E-state index in [2.05, 4.69) is 41.6 Å². The summed E-state index contributed by atoms with van der Waals surface area (Å²) in [5.74, 6) is 1.98. The van der Waals surface area contributed by atoms with Gasteiger partial charge in [-0.05, 0) is 84.7 Å². The summed E-state index contributed by atoms with van der Waals surface area (Å²) in [4.78, 5) is 17.0. The van der Waals surface area contributed by atoms with Crippen LogP contribution in [0.15, 0.2) is 99.8 Å². The van der Waals surface area contributed by atoms with E-state index in [9.17, 15) is 4.79 Å². The first-order valence-electron chi connectivity index (χ1n) is 12.4. The van der Waals surface area contributed by atoms with Gasteiger partial charge in [-0.1, -0.05) is 50.2 Å². The fourth-order valence-electron chi connectivity index (χ4n) is 3.98. The zero-order valence-corrected chi connectivity index (χ0v) is 21.9. The number of anilines is 1. The molecule has 0 aliphatic heterocycles. The van der Waals surface area contributed by atoms with E-state index in [0.29, 0.717) is 17.6 Å². The molecule has 0 aliphatic rings. The number of carbonyl (C=O) groups is 1. The standard InChI is InChI=1S/C31H27N3O3S/c1-3-20(2)23-11-16-28-26(19-23)33-30(37-28)22-9-12-24(13-10-22)32-31(38)34-29(35)18-15-25-14-17-27(36-25)21-7-5-4-6-8-21/h4-20H,3H2,1-2H3,(H2,32,34,35,38)/b18-15+/t20-/m1/s1. The SMILES string of the molecule is CC[C@@H](C)c1ccc2oc(-c3ccc(NC(=S)NC(=O)/C=C/c4ccc(-c5ccccc5)o4)cc3)nc2c1. The lowest BCUT2D eigenvalue weighted by Crippen LogP contribution is -2.32. The summed E-state index contributed by atoms with van der Waals surface area (Å²) in [7, 11) is 0. The van der Waals surface area contributed by atoms with Gasteiger partial charge in [-0.2, -0.15) is 0 Å². The molecule has 3 aromatic carbocycles. The van der Waals surface area contributed by atoms with Crippen LogP contribution in [0.5, 0.6) is 0 Å². The van der Waals surface area contributed by atoms with Gasteiger partial charge >= 0.3 is 0 Å². The lowest BCUT2D eigenvalue weighted by atomic mass is 9.98. The highest BCUT2D eigenvalue weighted by atomic mass is 32.1. The van der Waals surface area contributed by atoms with Crippen LogP contribution in [0.3, 0.4) is 0 Å². The molecule has 5 aromatic rings. The Balaban J connectivity index is 1.17. The van der Waals surface area contributed by atoms with Gasteiger partial charge in [0, 0.05) is 22.9 Å². The molecule has 6 nitrogen and oxygen atoms in total. The van der Waals surface area contributed by atoms with Gasteiger partial charge in [-0.15, -0.1) is 0 Å². The molecule has 0 saturated heterocycles. The molecule has 0 unspecified atom stereocenters. The van der Waals surface area contributed by atoms with Crippen LogP contribution in [0.2, 0.25) is 0 Å². The number of rotatable bonds is 7. The number of hydrogen-bond donors (Lipinski definition) is 2. The van der Waals surface area contributed by atoms with Crippen molar-refractivity contribution in [3.05, 3.63) is 102 Å². The van der Waals surface area contributed by atoms with Crippen molar-refractivity contribution in [3.8, 4) is 22.8 Å². The van der Waals surface area contributed by atoms with Crippen molar-refractivity contribution in [1.82, 2.24) is 10.3 Å². The third-order valence-electron chi connectivity index (χ3n) is 6.30. The molecule has 2 N–H and O–H groups in total. The van der Waals surface area contributed by atoms with E-state index < -0.39 is 0 Å². The Morgan fingerprint density at radius 2 is 1.76 bits per heavy atom. The van der Waals surface area contributed by atoms with Gasteiger partial charge in [-0.25, -0.2) is 4.98 Å². The molecule has 1 amide bonds. The molecule has 190 valence electrons. The number of nitrogens with one attached hydrogen (secondary N) is 2. The molecule has 2 heterocycles. The lowest BCUT2D eigenvalue weighted by Gasteiger charge is -2.08. The summed E-state index contributed by atoms with van der Waals surface area (Å²) in [6.07, 6.45) is 4.05. The average molecular weight is 522 g/mol. The van der Waals surface area contributed by atoms with E-state index in [1.54, 1.807) is 6.08 Å². The Morgan fingerprint density at radius 3 is 2.53 bits per heavy atom. The Bertz CT molecular complexity index is 1600. The summed E-state index contributed by atoms with van der Waals surface area (Å²) in [6, 6.07) is 27.1. The van der Waals surface area contributed by atoms with Gasteiger partial charge in [0.25, 0.3) is 0 Å². The second kappa shape index (κ2) is 11.3. The van der Waals surface area contributed by atoms with Crippen LogP contribution >= 0.6 is 12.2 Å². The molecule has 0 bridgehead atoms. The van der Waals surface area contributed by atoms with Crippen LogP contribution in [-0.4, -0.2) is 16.0 Å². The zero-order valence-electron chi connectivity index (χ0n) is 21.1. The molecule has 2 aromatic heterocycles. The predicted molar refractivity (Wildman–Crippen MR) is 156 cm³/mol. The minimum Gasteiger partial charge on any atom is -0.457 e. The van der Waals surface area contributed by atoms with Crippen LogP contribution < -0.4 is 10.6 Å². The van der Waals surface area contributed by atoms with E-state index >= 15 is 0 Å². The Labute approximate surface area is 226 Å². The lowest BCUT2D eigenvalue weighted by molar-refractivity contribution is -0.115. The number of fused-ring (bicyclic) bond motifs is 1. The minimum absolute atomic E-state index is 0.191. The van der Waals surface area contributed by atoms with Gasteiger partial charge in [0.1, 0.15) is 17.0 Å². The first-order chi connectivity index (χ1) is 18.5. The van der Waals surface area contributed by atoms with E-state index in [0.717, 1.165) is 40.1 Å². The number of hydrogen-bond acceptors (Lipinski definition) is 5. The maximum absolute atomic E-state index is 12.3. The van der Waals surface area contributed by atoms with E-state index in [1.165, 1.54) is 11.6 Å². The smallest absolute Gasteiger partial charge is 0.250 e. The van der Waals surface area contributed by atoms with Crippen LogP contribution in [0.4, 0.5) is 5.69 Å². The predicted octanol–water partition coefficient (Wildman–Crippen LogP) is 7.79. The Kier molecular flexibility index (Phi) is 7.47. The first-order valence-corrected chi connectivity index (χ1v) is 12.9. The summed E-state index contributed by atoms with van der Waals surface area (Å²) in [5, 5.41) is 5.85. The van der Waals surface area contributed by atoms with Crippen molar-refractivity contribution in [2.24, 2.45) is 0 Å². The van der Waals surface area contributed by atoms with E-state index in [4.69, 9.17) is 21.1 Å². The van der Waals surface area contributed by atoms with Gasteiger partial charge < -0.3 is 14.2 Å². The largest absolute Gasteiger partial charge is 0.457 e. The molecule has 1 atom stereocenters.